The Labute approximate surface area is 150 Å². The predicted octanol–water partition coefficient (Wildman–Crippen LogP) is 4.99. The lowest BCUT2D eigenvalue weighted by Crippen LogP contribution is -2.31. The molecule has 2 aromatic carbocycles. The summed E-state index contributed by atoms with van der Waals surface area (Å²) in [5.74, 6) is 2.07. The lowest BCUT2D eigenvalue weighted by atomic mass is 9.78. The highest BCUT2D eigenvalue weighted by Gasteiger charge is 2.45. The van der Waals surface area contributed by atoms with Crippen LogP contribution in [0.4, 0.5) is 0 Å². The fourth-order valence-corrected chi connectivity index (χ4v) is 4.06. The van der Waals surface area contributed by atoms with Crippen LogP contribution in [0.25, 0.3) is 0 Å². The number of hydrogen-bond donors (Lipinski definition) is 0. The first kappa shape index (κ1) is 17.4. The summed E-state index contributed by atoms with van der Waals surface area (Å²) >= 11 is 0. The molecule has 1 aliphatic heterocycles. The van der Waals surface area contributed by atoms with E-state index in [1.165, 1.54) is 11.1 Å². The van der Waals surface area contributed by atoms with Gasteiger partial charge in [0, 0.05) is 5.56 Å². The van der Waals surface area contributed by atoms with Gasteiger partial charge < -0.3 is 9.47 Å². The third-order valence-corrected chi connectivity index (χ3v) is 5.38. The second-order valence-corrected chi connectivity index (χ2v) is 7.37. The summed E-state index contributed by atoms with van der Waals surface area (Å²) in [6.45, 7) is 10.6. The summed E-state index contributed by atoms with van der Waals surface area (Å²) < 4.78 is 12.1. The lowest BCUT2D eigenvalue weighted by molar-refractivity contribution is 0.121. The van der Waals surface area contributed by atoms with Crippen LogP contribution in [0.1, 0.15) is 53.1 Å². The van der Waals surface area contributed by atoms with Gasteiger partial charge in [0.05, 0.1) is 25.5 Å². The molecular weight excluding hydrogens is 310 g/mol. The van der Waals surface area contributed by atoms with E-state index in [9.17, 15) is 0 Å². The third kappa shape index (κ3) is 2.66. The zero-order chi connectivity index (χ0) is 18.4. The molecule has 1 unspecified atom stereocenters. The molecule has 0 saturated heterocycles. The molecule has 0 spiro atoms. The molecule has 3 rings (SSSR count). The van der Waals surface area contributed by atoms with Crippen LogP contribution in [0.15, 0.2) is 24.3 Å². The second-order valence-electron chi connectivity index (χ2n) is 7.37. The summed E-state index contributed by atoms with van der Waals surface area (Å²) in [7, 11) is 1.73. The van der Waals surface area contributed by atoms with E-state index in [0.29, 0.717) is 6.42 Å². The molecule has 2 aromatic rings. The van der Waals surface area contributed by atoms with Gasteiger partial charge in [0.15, 0.2) is 0 Å². The summed E-state index contributed by atoms with van der Waals surface area (Å²) in [6.07, 6.45) is 0.437. The quantitative estimate of drug-likeness (QED) is 0.793. The summed E-state index contributed by atoms with van der Waals surface area (Å²) in [5, 5.41) is 8.88. The monoisotopic (exact) mass is 335 g/mol. The average Bonchev–Trinajstić information content (AvgIpc) is 2.86. The maximum absolute atomic E-state index is 8.88. The third-order valence-electron chi connectivity index (χ3n) is 5.38. The molecule has 0 amide bonds. The standard InChI is InChI=1S/C22H25NO2/c1-13-14(2)21-18(15(3)20(13)24-6)19(22(4,5)25-21)17-9-7-16(8-10-17)11-12-23/h7-10,19H,11H2,1-6H3. The minimum atomic E-state index is -0.340. The van der Waals surface area contributed by atoms with Crippen LogP contribution in [-0.2, 0) is 6.42 Å². The number of rotatable bonds is 3. The van der Waals surface area contributed by atoms with E-state index in [4.69, 9.17) is 14.7 Å². The van der Waals surface area contributed by atoms with E-state index in [1.54, 1.807) is 7.11 Å². The van der Waals surface area contributed by atoms with Gasteiger partial charge in [-0.15, -0.1) is 0 Å². The van der Waals surface area contributed by atoms with Crippen molar-refractivity contribution in [2.75, 3.05) is 7.11 Å². The van der Waals surface area contributed by atoms with Crippen LogP contribution < -0.4 is 9.47 Å². The SMILES string of the molecule is COc1c(C)c(C)c2c(c1C)C(c1ccc(CC#N)cc1)C(C)(C)O2. The molecule has 1 aliphatic rings. The van der Waals surface area contributed by atoms with Crippen LogP contribution in [0.2, 0.25) is 0 Å². The Kier molecular flexibility index (Phi) is 4.24. The van der Waals surface area contributed by atoms with Gasteiger partial charge in [0.2, 0.25) is 0 Å². The molecule has 0 N–H and O–H groups in total. The van der Waals surface area contributed by atoms with Gasteiger partial charge >= 0.3 is 0 Å². The van der Waals surface area contributed by atoms with Gasteiger partial charge in [-0.05, 0) is 62.4 Å². The van der Waals surface area contributed by atoms with Gasteiger partial charge in [-0.1, -0.05) is 24.3 Å². The number of nitrogens with zero attached hydrogens (tertiary/aromatic N) is 1. The van der Waals surface area contributed by atoms with Crippen LogP contribution in [-0.4, -0.2) is 12.7 Å². The molecule has 25 heavy (non-hydrogen) atoms. The van der Waals surface area contributed by atoms with E-state index >= 15 is 0 Å². The Morgan fingerprint density at radius 1 is 1.08 bits per heavy atom. The van der Waals surface area contributed by atoms with Crippen molar-refractivity contribution < 1.29 is 9.47 Å². The van der Waals surface area contributed by atoms with Crippen molar-refractivity contribution in [1.29, 1.82) is 5.26 Å². The zero-order valence-corrected chi connectivity index (χ0v) is 15.9. The molecule has 0 saturated carbocycles. The first-order valence-corrected chi connectivity index (χ1v) is 8.64. The van der Waals surface area contributed by atoms with Crippen molar-refractivity contribution in [3.8, 4) is 17.6 Å². The minimum Gasteiger partial charge on any atom is -0.496 e. The summed E-state index contributed by atoms with van der Waals surface area (Å²) in [5.41, 5.74) is 6.56. The number of hydrogen-bond acceptors (Lipinski definition) is 3. The molecule has 0 radical (unpaired) electrons. The Bertz CT molecular complexity index is 857. The van der Waals surface area contributed by atoms with Gasteiger partial charge in [-0.2, -0.15) is 5.26 Å². The molecule has 1 heterocycles. The van der Waals surface area contributed by atoms with Crippen molar-refractivity contribution in [3.05, 3.63) is 57.6 Å². The van der Waals surface area contributed by atoms with E-state index in [1.807, 2.05) is 12.1 Å². The fraction of sp³-hybridized carbons (Fsp3) is 0.409. The number of benzene rings is 2. The van der Waals surface area contributed by atoms with E-state index in [0.717, 1.165) is 33.8 Å². The van der Waals surface area contributed by atoms with Crippen molar-refractivity contribution in [2.24, 2.45) is 0 Å². The topological polar surface area (TPSA) is 42.2 Å². The Balaban J connectivity index is 2.20. The highest BCUT2D eigenvalue weighted by atomic mass is 16.5. The minimum absolute atomic E-state index is 0.131. The van der Waals surface area contributed by atoms with Gasteiger partial charge in [0.25, 0.3) is 0 Å². The van der Waals surface area contributed by atoms with Crippen molar-refractivity contribution in [1.82, 2.24) is 0 Å². The van der Waals surface area contributed by atoms with Gasteiger partial charge in [-0.3, -0.25) is 0 Å². The van der Waals surface area contributed by atoms with E-state index in [2.05, 4.69) is 52.8 Å². The van der Waals surface area contributed by atoms with Crippen LogP contribution in [0, 0.1) is 32.1 Å². The van der Waals surface area contributed by atoms with Crippen molar-refractivity contribution in [2.45, 2.75) is 52.6 Å². The molecule has 1 atom stereocenters. The summed E-state index contributed by atoms with van der Waals surface area (Å²) in [6, 6.07) is 10.5. The van der Waals surface area contributed by atoms with Gasteiger partial charge in [0.1, 0.15) is 17.1 Å². The highest BCUT2D eigenvalue weighted by Crippen LogP contribution is 2.53. The highest BCUT2D eigenvalue weighted by molar-refractivity contribution is 5.64. The number of fused-ring (bicyclic) bond motifs is 1. The van der Waals surface area contributed by atoms with Crippen LogP contribution in [0.5, 0.6) is 11.5 Å². The zero-order valence-electron chi connectivity index (χ0n) is 15.9. The van der Waals surface area contributed by atoms with E-state index in [-0.39, 0.29) is 11.5 Å². The Morgan fingerprint density at radius 2 is 1.72 bits per heavy atom. The molecular formula is C22H25NO2. The second kappa shape index (κ2) is 6.11. The van der Waals surface area contributed by atoms with Gasteiger partial charge in [-0.25, -0.2) is 0 Å². The molecule has 130 valence electrons. The largest absolute Gasteiger partial charge is 0.496 e. The van der Waals surface area contributed by atoms with Crippen LogP contribution in [0.3, 0.4) is 0 Å². The predicted molar refractivity (Wildman–Crippen MR) is 99.5 cm³/mol. The maximum Gasteiger partial charge on any atom is 0.127 e. The first-order chi connectivity index (χ1) is 11.8. The van der Waals surface area contributed by atoms with Crippen molar-refractivity contribution >= 4 is 0 Å². The molecule has 0 aromatic heterocycles. The van der Waals surface area contributed by atoms with E-state index < -0.39 is 0 Å². The molecule has 0 aliphatic carbocycles. The Morgan fingerprint density at radius 3 is 2.28 bits per heavy atom. The normalized spacial score (nSPS) is 17.6. The molecule has 0 fully saturated rings. The summed E-state index contributed by atoms with van der Waals surface area (Å²) in [4.78, 5) is 0. The van der Waals surface area contributed by atoms with Crippen molar-refractivity contribution in [3.63, 3.8) is 0 Å². The number of methoxy groups -OCH3 is 1. The molecule has 0 bridgehead atoms. The molecule has 3 heteroatoms. The Hall–Kier alpha value is -2.47. The smallest absolute Gasteiger partial charge is 0.127 e. The molecule has 3 nitrogen and oxygen atoms in total. The number of ether oxygens (including phenoxy) is 2. The first-order valence-electron chi connectivity index (χ1n) is 8.64. The average molecular weight is 335 g/mol. The van der Waals surface area contributed by atoms with Crippen LogP contribution >= 0.6 is 0 Å². The number of nitriles is 1. The fourth-order valence-electron chi connectivity index (χ4n) is 4.06. The maximum atomic E-state index is 8.88. The lowest BCUT2D eigenvalue weighted by Gasteiger charge is -2.27.